The van der Waals surface area contributed by atoms with Crippen molar-refractivity contribution in [1.29, 1.82) is 0 Å². The Labute approximate surface area is 195 Å². The summed E-state index contributed by atoms with van der Waals surface area (Å²) in [4.78, 5) is 21.3. The van der Waals surface area contributed by atoms with Gasteiger partial charge in [-0.15, -0.1) is 0 Å². The van der Waals surface area contributed by atoms with Gasteiger partial charge in [0.2, 0.25) is 5.91 Å². The summed E-state index contributed by atoms with van der Waals surface area (Å²) < 4.78 is 33.8. The van der Waals surface area contributed by atoms with E-state index in [1.807, 2.05) is 0 Å². The van der Waals surface area contributed by atoms with Crippen molar-refractivity contribution in [2.75, 3.05) is 22.6 Å². The summed E-state index contributed by atoms with van der Waals surface area (Å²) in [6.45, 7) is 1.40. The standard InChI is InChI=1S/C22H21N5O6S/c1-15(28)24-17-9-7-16(8-10-17)14-23-25-20-12-11-18(27(29)30)13-22(20)34(31,32)26-19-5-3-4-6-21(19)33-2/h3-14,25-26H,1-2H3,(H,24,28)/b23-14-. The minimum atomic E-state index is -4.26. The van der Waals surface area contributed by atoms with Crippen molar-refractivity contribution in [1.82, 2.24) is 0 Å². The summed E-state index contributed by atoms with van der Waals surface area (Å²) in [5, 5.41) is 17.9. The highest BCUT2D eigenvalue weighted by atomic mass is 32.2. The van der Waals surface area contributed by atoms with Gasteiger partial charge in [0.25, 0.3) is 15.7 Å². The van der Waals surface area contributed by atoms with Gasteiger partial charge in [0.15, 0.2) is 0 Å². The molecule has 3 aromatic carbocycles. The first kappa shape index (κ1) is 24.2. The molecule has 176 valence electrons. The molecule has 12 heteroatoms. The number of nitrogens with one attached hydrogen (secondary N) is 3. The normalized spacial score (nSPS) is 11.1. The third-order valence-electron chi connectivity index (χ3n) is 4.45. The number of carbonyl (C=O) groups is 1. The maximum absolute atomic E-state index is 13.1. The molecule has 3 rings (SSSR count). The average Bonchev–Trinajstić information content (AvgIpc) is 2.80. The highest BCUT2D eigenvalue weighted by Gasteiger charge is 2.23. The van der Waals surface area contributed by atoms with Crippen LogP contribution < -0.4 is 20.2 Å². The van der Waals surface area contributed by atoms with Gasteiger partial charge in [0, 0.05) is 24.7 Å². The molecule has 34 heavy (non-hydrogen) atoms. The van der Waals surface area contributed by atoms with E-state index in [1.54, 1.807) is 42.5 Å². The number of ether oxygens (including phenoxy) is 1. The average molecular weight is 484 g/mol. The van der Waals surface area contributed by atoms with Crippen LogP contribution in [0.15, 0.2) is 76.7 Å². The van der Waals surface area contributed by atoms with E-state index in [0.717, 1.165) is 6.07 Å². The van der Waals surface area contributed by atoms with Gasteiger partial charge in [-0.3, -0.25) is 25.1 Å². The van der Waals surface area contributed by atoms with Gasteiger partial charge < -0.3 is 10.1 Å². The summed E-state index contributed by atoms with van der Waals surface area (Å²) in [6, 6.07) is 16.5. The fraction of sp³-hybridized carbons (Fsp3) is 0.0909. The molecular weight excluding hydrogens is 462 g/mol. The van der Waals surface area contributed by atoms with E-state index in [-0.39, 0.29) is 27.9 Å². The summed E-state index contributed by atoms with van der Waals surface area (Å²) >= 11 is 0. The third kappa shape index (κ3) is 6.07. The van der Waals surface area contributed by atoms with Gasteiger partial charge in [-0.2, -0.15) is 5.10 Å². The summed E-state index contributed by atoms with van der Waals surface area (Å²) in [5.74, 6) is 0.0865. The Morgan fingerprint density at radius 2 is 1.76 bits per heavy atom. The predicted octanol–water partition coefficient (Wildman–Crippen LogP) is 3.81. The van der Waals surface area contributed by atoms with Crippen molar-refractivity contribution in [3.8, 4) is 5.75 Å². The molecule has 0 aliphatic rings. The molecule has 0 aliphatic carbocycles. The van der Waals surface area contributed by atoms with Crippen molar-refractivity contribution in [3.63, 3.8) is 0 Å². The number of sulfonamides is 1. The fourth-order valence-corrected chi connectivity index (χ4v) is 4.15. The van der Waals surface area contributed by atoms with Gasteiger partial charge in [0.05, 0.1) is 29.6 Å². The molecule has 11 nitrogen and oxygen atoms in total. The van der Waals surface area contributed by atoms with Crippen molar-refractivity contribution >= 4 is 44.9 Å². The lowest BCUT2D eigenvalue weighted by Gasteiger charge is -2.14. The highest BCUT2D eigenvalue weighted by molar-refractivity contribution is 7.93. The lowest BCUT2D eigenvalue weighted by molar-refractivity contribution is -0.385. The first-order valence-corrected chi connectivity index (χ1v) is 11.3. The molecule has 3 aromatic rings. The molecule has 0 saturated carbocycles. The number of hydrazone groups is 1. The van der Waals surface area contributed by atoms with Crippen molar-refractivity contribution in [2.45, 2.75) is 11.8 Å². The molecule has 0 radical (unpaired) electrons. The van der Waals surface area contributed by atoms with E-state index in [4.69, 9.17) is 4.74 Å². The number of hydrogen-bond donors (Lipinski definition) is 3. The second-order valence-electron chi connectivity index (χ2n) is 6.92. The number of hydrogen-bond acceptors (Lipinski definition) is 8. The van der Waals surface area contributed by atoms with Crippen LogP contribution in [0.2, 0.25) is 0 Å². The van der Waals surface area contributed by atoms with Crippen LogP contribution >= 0.6 is 0 Å². The van der Waals surface area contributed by atoms with Crippen LogP contribution in [0.4, 0.5) is 22.7 Å². The van der Waals surface area contributed by atoms with E-state index in [9.17, 15) is 23.3 Å². The van der Waals surface area contributed by atoms with Gasteiger partial charge in [-0.05, 0) is 35.9 Å². The Balaban J connectivity index is 1.88. The monoisotopic (exact) mass is 483 g/mol. The summed E-state index contributed by atoms with van der Waals surface area (Å²) in [5.41, 5.74) is 3.70. The topological polar surface area (TPSA) is 152 Å². The van der Waals surface area contributed by atoms with Gasteiger partial charge in [-0.1, -0.05) is 24.3 Å². The van der Waals surface area contributed by atoms with Crippen LogP contribution in [0, 0.1) is 10.1 Å². The molecule has 0 aliphatic heterocycles. The highest BCUT2D eigenvalue weighted by Crippen LogP contribution is 2.31. The van der Waals surface area contributed by atoms with E-state index in [0.29, 0.717) is 11.3 Å². The maximum atomic E-state index is 13.1. The molecule has 0 atom stereocenters. The third-order valence-corrected chi connectivity index (χ3v) is 5.85. The minimum absolute atomic E-state index is 0.0270. The number of para-hydroxylation sites is 2. The van der Waals surface area contributed by atoms with Crippen molar-refractivity contribution in [2.24, 2.45) is 5.10 Å². The van der Waals surface area contributed by atoms with E-state index >= 15 is 0 Å². The smallest absolute Gasteiger partial charge is 0.270 e. The number of rotatable bonds is 9. The lowest BCUT2D eigenvalue weighted by Crippen LogP contribution is -2.15. The Bertz CT molecular complexity index is 1340. The van der Waals surface area contributed by atoms with Crippen LogP contribution in [0.5, 0.6) is 5.75 Å². The Kier molecular flexibility index (Phi) is 7.43. The number of benzene rings is 3. The zero-order chi connectivity index (χ0) is 24.7. The first-order chi connectivity index (χ1) is 16.2. The first-order valence-electron chi connectivity index (χ1n) is 9.80. The number of nitro groups is 1. The van der Waals surface area contributed by atoms with Crippen molar-refractivity contribution in [3.05, 3.63) is 82.4 Å². The Morgan fingerprint density at radius 3 is 2.41 bits per heavy atom. The number of non-ortho nitro benzene ring substituents is 1. The number of nitro benzene ring substituents is 1. The number of nitrogens with zero attached hydrogens (tertiary/aromatic N) is 2. The number of anilines is 3. The fourth-order valence-electron chi connectivity index (χ4n) is 2.90. The molecule has 0 spiro atoms. The zero-order valence-corrected chi connectivity index (χ0v) is 19.0. The van der Waals surface area contributed by atoms with Crippen LogP contribution in [-0.2, 0) is 14.8 Å². The Hall–Kier alpha value is -4.45. The number of carbonyl (C=O) groups excluding carboxylic acids is 1. The van der Waals surface area contributed by atoms with Gasteiger partial charge in [-0.25, -0.2) is 8.42 Å². The second-order valence-corrected chi connectivity index (χ2v) is 8.57. The summed E-state index contributed by atoms with van der Waals surface area (Å²) in [7, 11) is -2.86. The number of amides is 1. The molecule has 0 saturated heterocycles. The van der Waals surface area contributed by atoms with Crippen LogP contribution in [0.3, 0.4) is 0 Å². The predicted molar refractivity (Wildman–Crippen MR) is 129 cm³/mol. The molecular formula is C22H21N5O6S. The van der Waals surface area contributed by atoms with Gasteiger partial charge in [0.1, 0.15) is 10.6 Å². The number of methoxy groups -OCH3 is 1. The Morgan fingerprint density at radius 1 is 1.06 bits per heavy atom. The molecule has 1 amide bonds. The maximum Gasteiger partial charge on any atom is 0.270 e. The van der Waals surface area contributed by atoms with Crippen LogP contribution in [0.25, 0.3) is 0 Å². The second kappa shape index (κ2) is 10.4. The quantitative estimate of drug-likeness (QED) is 0.238. The lowest BCUT2D eigenvalue weighted by atomic mass is 10.2. The zero-order valence-electron chi connectivity index (χ0n) is 18.2. The molecule has 0 bridgehead atoms. The SMILES string of the molecule is COc1ccccc1NS(=O)(=O)c1cc([N+](=O)[O-])ccc1N/N=C\c1ccc(NC(C)=O)cc1. The molecule has 0 heterocycles. The van der Waals surface area contributed by atoms with Crippen molar-refractivity contribution < 1.29 is 22.9 Å². The minimum Gasteiger partial charge on any atom is -0.495 e. The van der Waals surface area contributed by atoms with E-state index in [1.165, 1.54) is 38.4 Å². The summed E-state index contributed by atoms with van der Waals surface area (Å²) in [6.07, 6.45) is 1.43. The van der Waals surface area contributed by atoms with E-state index < -0.39 is 20.6 Å². The molecule has 0 unspecified atom stereocenters. The molecule has 0 aromatic heterocycles. The van der Waals surface area contributed by atoms with E-state index in [2.05, 4.69) is 20.6 Å². The van der Waals surface area contributed by atoms with Gasteiger partial charge >= 0.3 is 0 Å². The largest absolute Gasteiger partial charge is 0.495 e. The molecule has 0 fully saturated rings. The molecule has 3 N–H and O–H groups in total. The van der Waals surface area contributed by atoms with Crippen LogP contribution in [-0.4, -0.2) is 32.6 Å². The van der Waals surface area contributed by atoms with Crippen LogP contribution in [0.1, 0.15) is 12.5 Å².